The summed E-state index contributed by atoms with van der Waals surface area (Å²) < 4.78 is 0.860. The lowest BCUT2D eigenvalue weighted by Gasteiger charge is -2.21. The average Bonchev–Trinajstić information content (AvgIpc) is 3.18. The number of amides is 1. The second kappa shape index (κ2) is 6.46. The molecule has 3 rings (SSSR count). The molecule has 1 N–H and O–H groups in total. The molecule has 23 heavy (non-hydrogen) atoms. The number of nitrogens with one attached hydrogen (secondary N) is 1. The fourth-order valence-corrected chi connectivity index (χ4v) is 3.20. The molecule has 1 aliphatic carbocycles. The zero-order valence-electron chi connectivity index (χ0n) is 12.4. The van der Waals surface area contributed by atoms with Crippen LogP contribution in [0.15, 0.2) is 28.7 Å². The number of carbonyl (C=O) groups excluding carboxylic acids is 1. The molecule has 0 bridgehead atoms. The van der Waals surface area contributed by atoms with Gasteiger partial charge in [0.1, 0.15) is 12.1 Å². The first-order chi connectivity index (χ1) is 11.1. The molecule has 2 aromatic rings. The molecule has 118 valence electrons. The fraction of sp³-hybridized carbons (Fsp3) is 0.400. The van der Waals surface area contributed by atoms with Crippen molar-refractivity contribution in [3.05, 3.63) is 28.7 Å². The smallest absolute Gasteiger partial charge is 0.244 e. The molecule has 0 spiro atoms. The van der Waals surface area contributed by atoms with Crippen molar-refractivity contribution in [3.8, 4) is 17.5 Å². The van der Waals surface area contributed by atoms with Crippen molar-refractivity contribution in [2.24, 2.45) is 0 Å². The van der Waals surface area contributed by atoms with E-state index in [4.69, 9.17) is 0 Å². The van der Waals surface area contributed by atoms with E-state index in [1.54, 1.807) is 0 Å². The number of tetrazole rings is 1. The van der Waals surface area contributed by atoms with Crippen LogP contribution in [0.25, 0.3) is 11.4 Å². The first-order valence-electron chi connectivity index (χ1n) is 7.37. The molecule has 7 nitrogen and oxygen atoms in total. The Kier molecular flexibility index (Phi) is 4.39. The number of nitriles is 1. The van der Waals surface area contributed by atoms with E-state index in [1.807, 2.05) is 24.3 Å². The Bertz CT molecular complexity index is 759. The van der Waals surface area contributed by atoms with E-state index in [0.29, 0.717) is 18.7 Å². The lowest BCUT2D eigenvalue weighted by molar-refractivity contribution is -0.123. The molecule has 0 aliphatic heterocycles. The Morgan fingerprint density at radius 2 is 2.13 bits per heavy atom. The normalized spacial score (nSPS) is 16.0. The summed E-state index contributed by atoms with van der Waals surface area (Å²) >= 11 is 3.44. The third kappa shape index (κ3) is 3.40. The molecule has 1 aromatic heterocycles. The summed E-state index contributed by atoms with van der Waals surface area (Å²) in [5.41, 5.74) is 0.0756. The number of hydrogen-bond acceptors (Lipinski definition) is 5. The van der Waals surface area contributed by atoms with Crippen LogP contribution in [-0.2, 0) is 11.3 Å². The summed E-state index contributed by atoms with van der Waals surface area (Å²) in [5.74, 6) is 0.172. The predicted molar refractivity (Wildman–Crippen MR) is 85.9 cm³/mol. The van der Waals surface area contributed by atoms with Gasteiger partial charge in [0.15, 0.2) is 0 Å². The van der Waals surface area contributed by atoms with Gasteiger partial charge >= 0.3 is 0 Å². The average molecular weight is 375 g/mol. The maximum Gasteiger partial charge on any atom is 0.244 e. The SMILES string of the molecule is N#CC1(NC(=O)Cn2nnc(-c3ccccc3Br)n2)CCCC1. The van der Waals surface area contributed by atoms with Crippen LogP contribution in [0.1, 0.15) is 25.7 Å². The number of aromatic nitrogens is 4. The predicted octanol–water partition coefficient (Wildman–Crippen LogP) is 2.06. The third-order valence-corrected chi connectivity index (χ3v) is 4.59. The lowest BCUT2D eigenvalue weighted by Crippen LogP contribution is -2.46. The molecule has 1 fully saturated rings. The van der Waals surface area contributed by atoms with Crippen molar-refractivity contribution in [3.63, 3.8) is 0 Å². The number of halogens is 1. The minimum absolute atomic E-state index is 0.0547. The van der Waals surface area contributed by atoms with Gasteiger partial charge < -0.3 is 5.32 Å². The number of carbonyl (C=O) groups is 1. The fourth-order valence-electron chi connectivity index (χ4n) is 2.74. The van der Waals surface area contributed by atoms with Crippen molar-refractivity contribution in [1.82, 2.24) is 25.5 Å². The highest BCUT2D eigenvalue weighted by Crippen LogP contribution is 2.28. The van der Waals surface area contributed by atoms with Crippen molar-refractivity contribution in [2.75, 3.05) is 0 Å². The van der Waals surface area contributed by atoms with Gasteiger partial charge in [-0.1, -0.05) is 28.1 Å². The van der Waals surface area contributed by atoms with E-state index >= 15 is 0 Å². The Labute approximate surface area is 141 Å². The Hall–Kier alpha value is -2.27. The van der Waals surface area contributed by atoms with Gasteiger partial charge in [-0.15, -0.1) is 10.2 Å². The molecule has 1 heterocycles. The van der Waals surface area contributed by atoms with Crippen LogP contribution in [0.2, 0.25) is 0 Å². The second-order valence-electron chi connectivity index (χ2n) is 5.57. The summed E-state index contributed by atoms with van der Waals surface area (Å²) in [7, 11) is 0. The Balaban J connectivity index is 1.69. The zero-order valence-corrected chi connectivity index (χ0v) is 14.0. The van der Waals surface area contributed by atoms with Gasteiger partial charge in [-0.25, -0.2) is 0 Å². The topological polar surface area (TPSA) is 96.5 Å². The van der Waals surface area contributed by atoms with E-state index in [1.165, 1.54) is 4.80 Å². The Morgan fingerprint density at radius 3 is 2.83 bits per heavy atom. The minimum Gasteiger partial charge on any atom is -0.336 e. The van der Waals surface area contributed by atoms with Gasteiger partial charge in [-0.3, -0.25) is 4.79 Å². The van der Waals surface area contributed by atoms with Crippen LogP contribution in [0.4, 0.5) is 0 Å². The van der Waals surface area contributed by atoms with E-state index in [2.05, 4.69) is 42.7 Å². The van der Waals surface area contributed by atoms with Crippen LogP contribution < -0.4 is 5.32 Å². The van der Waals surface area contributed by atoms with Gasteiger partial charge in [-0.2, -0.15) is 10.1 Å². The van der Waals surface area contributed by atoms with Crippen LogP contribution in [0.3, 0.4) is 0 Å². The monoisotopic (exact) mass is 374 g/mol. The van der Waals surface area contributed by atoms with E-state index in [9.17, 15) is 10.1 Å². The minimum atomic E-state index is -0.733. The summed E-state index contributed by atoms with van der Waals surface area (Å²) in [6, 6.07) is 9.76. The van der Waals surface area contributed by atoms with Gasteiger partial charge in [0.25, 0.3) is 0 Å². The molecular formula is C15H15BrN6O. The van der Waals surface area contributed by atoms with Crippen molar-refractivity contribution >= 4 is 21.8 Å². The third-order valence-electron chi connectivity index (χ3n) is 3.90. The van der Waals surface area contributed by atoms with Crippen LogP contribution in [0, 0.1) is 11.3 Å². The molecule has 1 aromatic carbocycles. The maximum atomic E-state index is 12.1. The summed E-state index contributed by atoms with van der Waals surface area (Å²) in [5, 5.41) is 24.2. The molecule has 0 radical (unpaired) electrons. The first-order valence-corrected chi connectivity index (χ1v) is 8.16. The highest BCUT2D eigenvalue weighted by molar-refractivity contribution is 9.10. The number of benzene rings is 1. The van der Waals surface area contributed by atoms with E-state index in [0.717, 1.165) is 22.9 Å². The zero-order chi connectivity index (χ0) is 16.3. The molecular weight excluding hydrogens is 360 g/mol. The lowest BCUT2D eigenvalue weighted by atomic mass is 10.00. The van der Waals surface area contributed by atoms with Crippen LogP contribution in [0.5, 0.6) is 0 Å². The standard InChI is InChI=1S/C15H15BrN6O/c16-12-6-2-1-5-11(12)14-19-21-22(20-14)9-13(23)18-15(10-17)7-3-4-8-15/h1-2,5-6H,3-4,7-9H2,(H,18,23). The van der Waals surface area contributed by atoms with Crippen molar-refractivity contribution in [2.45, 2.75) is 37.8 Å². The first kappa shape index (κ1) is 15.6. The van der Waals surface area contributed by atoms with Crippen molar-refractivity contribution in [1.29, 1.82) is 5.26 Å². The summed E-state index contributed by atoms with van der Waals surface area (Å²) in [6.07, 6.45) is 3.31. The number of hydrogen-bond donors (Lipinski definition) is 1. The summed E-state index contributed by atoms with van der Waals surface area (Å²) in [6.45, 7) is -0.0547. The van der Waals surface area contributed by atoms with Gasteiger partial charge in [0.05, 0.1) is 6.07 Å². The van der Waals surface area contributed by atoms with E-state index in [-0.39, 0.29) is 12.5 Å². The van der Waals surface area contributed by atoms with E-state index < -0.39 is 5.54 Å². The molecule has 8 heteroatoms. The molecule has 1 saturated carbocycles. The van der Waals surface area contributed by atoms with Gasteiger partial charge in [0.2, 0.25) is 11.7 Å². The number of rotatable bonds is 4. The molecule has 1 aliphatic rings. The molecule has 0 unspecified atom stereocenters. The summed E-state index contributed by atoms with van der Waals surface area (Å²) in [4.78, 5) is 13.4. The highest BCUT2D eigenvalue weighted by Gasteiger charge is 2.35. The second-order valence-corrected chi connectivity index (χ2v) is 6.43. The molecule has 1 amide bonds. The van der Waals surface area contributed by atoms with Gasteiger partial charge in [0, 0.05) is 10.0 Å². The largest absolute Gasteiger partial charge is 0.336 e. The van der Waals surface area contributed by atoms with Crippen LogP contribution >= 0.6 is 15.9 Å². The quantitative estimate of drug-likeness (QED) is 0.882. The van der Waals surface area contributed by atoms with Gasteiger partial charge in [-0.05, 0) is 43.0 Å². The number of nitrogens with zero attached hydrogens (tertiary/aromatic N) is 5. The van der Waals surface area contributed by atoms with Crippen molar-refractivity contribution < 1.29 is 4.79 Å². The highest BCUT2D eigenvalue weighted by atomic mass is 79.9. The maximum absolute atomic E-state index is 12.1. The Morgan fingerprint density at radius 1 is 1.39 bits per heavy atom. The molecule has 0 saturated heterocycles. The molecule has 0 atom stereocenters. The van der Waals surface area contributed by atoms with Crippen LogP contribution in [-0.4, -0.2) is 31.7 Å².